The number of anilines is 2. The lowest BCUT2D eigenvalue weighted by atomic mass is 10.1. The van der Waals surface area contributed by atoms with Gasteiger partial charge in [0.25, 0.3) is 5.91 Å². The van der Waals surface area contributed by atoms with E-state index in [2.05, 4.69) is 15.6 Å². The number of benzene rings is 2. The number of para-hydroxylation sites is 1. The Morgan fingerprint density at radius 3 is 2.67 bits per heavy atom. The molecule has 0 spiro atoms. The summed E-state index contributed by atoms with van der Waals surface area (Å²) in [5.74, 6) is 0.0982. The molecule has 0 unspecified atom stereocenters. The molecular formula is C24H23F3N4O2. The van der Waals surface area contributed by atoms with Crippen LogP contribution in [0.5, 0.6) is 0 Å². The molecule has 1 fully saturated rings. The first-order valence-electron chi connectivity index (χ1n) is 10.7. The summed E-state index contributed by atoms with van der Waals surface area (Å²) in [6, 6.07) is 13.4. The van der Waals surface area contributed by atoms with Crippen molar-refractivity contribution in [2.75, 3.05) is 25.0 Å². The topological polar surface area (TPSA) is 74.3 Å². The molecule has 3 aromatic rings. The number of likely N-dealkylation sites (tertiary alicyclic amines) is 1. The van der Waals surface area contributed by atoms with Crippen molar-refractivity contribution in [3.05, 3.63) is 65.7 Å². The molecule has 4 rings (SSSR count). The number of nitrogens with zero attached hydrogens (tertiary/aromatic N) is 2. The molecule has 2 heterocycles. The molecule has 0 aliphatic carbocycles. The largest absolute Gasteiger partial charge is 0.416 e. The summed E-state index contributed by atoms with van der Waals surface area (Å²) < 4.78 is 39.1. The van der Waals surface area contributed by atoms with Gasteiger partial charge in [0, 0.05) is 37.1 Å². The van der Waals surface area contributed by atoms with E-state index in [0.717, 1.165) is 25.1 Å². The number of halogens is 3. The van der Waals surface area contributed by atoms with Gasteiger partial charge >= 0.3 is 6.18 Å². The summed E-state index contributed by atoms with van der Waals surface area (Å²) in [7, 11) is 0. The van der Waals surface area contributed by atoms with Crippen LogP contribution in [0.25, 0.3) is 10.9 Å². The molecule has 2 aromatic carbocycles. The van der Waals surface area contributed by atoms with Gasteiger partial charge in [0.15, 0.2) is 0 Å². The van der Waals surface area contributed by atoms with Crippen LogP contribution in [0.4, 0.5) is 24.7 Å². The molecule has 0 bridgehead atoms. The zero-order chi connectivity index (χ0) is 23.4. The Balaban J connectivity index is 1.50. The van der Waals surface area contributed by atoms with E-state index < -0.39 is 11.7 Å². The summed E-state index contributed by atoms with van der Waals surface area (Å²) in [6.07, 6.45) is -2.37. The Morgan fingerprint density at radius 2 is 1.91 bits per heavy atom. The summed E-state index contributed by atoms with van der Waals surface area (Å²) >= 11 is 0. The van der Waals surface area contributed by atoms with Crippen molar-refractivity contribution in [2.45, 2.75) is 25.4 Å². The number of aromatic nitrogens is 1. The third-order valence-corrected chi connectivity index (χ3v) is 5.48. The molecule has 1 aliphatic rings. The fourth-order valence-corrected chi connectivity index (χ4v) is 3.86. The molecular weight excluding hydrogens is 433 g/mol. The molecule has 1 aliphatic heterocycles. The zero-order valence-electron chi connectivity index (χ0n) is 17.8. The number of carbonyl (C=O) groups excluding carboxylic acids is 2. The predicted molar refractivity (Wildman–Crippen MR) is 119 cm³/mol. The molecule has 1 saturated heterocycles. The van der Waals surface area contributed by atoms with Crippen LogP contribution in [0.1, 0.15) is 35.2 Å². The van der Waals surface area contributed by atoms with Crippen LogP contribution < -0.4 is 10.6 Å². The molecule has 6 nitrogen and oxygen atoms in total. The number of amides is 2. The normalized spacial score (nSPS) is 14.0. The van der Waals surface area contributed by atoms with Crippen LogP contribution in [-0.4, -0.2) is 41.3 Å². The van der Waals surface area contributed by atoms with E-state index in [-0.39, 0.29) is 23.3 Å². The first-order valence-corrected chi connectivity index (χ1v) is 10.7. The van der Waals surface area contributed by atoms with Gasteiger partial charge in [-0.1, -0.05) is 24.3 Å². The summed E-state index contributed by atoms with van der Waals surface area (Å²) in [6.45, 7) is 1.75. The number of carbonyl (C=O) groups is 2. The molecule has 1 aromatic heterocycles. The van der Waals surface area contributed by atoms with Gasteiger partial charge in [-0.2, -0.15) is 13.2 Å². The second-order valence-corrected chi connectivity index (χ2v) is 7.87. The lowest BCUT2D eigenvalue weighted by molar-refractivity contribution is -0.137. The Bertz CT molecular complexity index is 1180. The number of rotatable bonds is 7. The maximum absolute atomic E-state index is 13.0. The van der Waals surface area contributed by atoms with E-state index in [0.29, 0.717) is 42.4 Å². The smallest absolute Gasteiger partial charge is 0.352 e. The molecule has 33 heavy (non-hydrogen) atoms. The van der Waals surface area contributed by atoms with Gasteiger partial charge in [0.1, 0.15) is 5.82 Å². The molecule has 2 N–H and O–H groups in total. The van der Waals surface area contributed by atoms with Gasteiger partial charge in [0.05, 0.1) is 16.6 Å². The van der Waals surface area contributed by atoms with Gasteiger partial charge in [0.2, 0.25) is 5.91 Å². The van der Waals surface area contributed by atoms with Crippen LogP contribution in [0.15, 0.2) is 54.6 Å². The van der Waals surface area contributed by atoms with Crippen LogP contribution in [-0.2, 0) is 11.0 Å². The van der Waals surface area contributed by atoms with E-state index in [9.17, 15) is 22.8 Å². The van der Waals surface area contributed by atoms with Gasteiger partial charge in [-0.25, -0.2) is 4.98 Å². The monoisotopic (exact) mass is 456 g/mol. The van der Waals surface area contributed by atoms with Crippen molar-refractivity contribution in [3.63, 3.8) is 0 Å². The van der Waals surface area contributed by atoms with Gasteiger partial charge in [-0.3, -0.25) is 9.59 Å². The Morgan fingerprint density at radius 1 is 1.09 bits per heavy atom. The van der Waals surface area contributed by atoms with E-state index >= 15 is 0 Å². The highest BCUT2D eigenvalue weighted by Gasteiger charge is 2.30. The lowest BCUT2D eigenvalue weighted by Gasteiger charge is -2.16. The fourth-order valence-electron chi connectivity index (χ4n) is 3.86. The third kappa shape index (κ3) is 5.42. The maximum atomic E-state index is 13.0. The van der Waals surface area contributed by atoms with Crippen molar-refractivity contribution in [3.8, 4) is 0 Å². The zero-order valence-corrected chi connectivity index (χ0v) is 17.8. The molecule has 0 saturated carbocycles. The Kier molecular flexibility index (Phi) is 6.48. The average Bonchev–Trinajstić information content (AvgIpc) is 3.20. The van der Waals surface area contributed by atoms with Gasteiger partial charge in [-0.15, -0.1) is 0 Å². The number of fused-ring (bicyclic) bond motifs is 1. The molecule has 0 radical (unpaired) electrons. The van der Waals surface area contributed by atoms with Crippen LogP contribution >= 0.6 is 0 Å². The van der Waals surface area contributed by atoms with Crippen LogP contribution in [0, 0.1) is 0 Å². The van der Waals surface area contributed by atoms with Crippen LogP contribution in [0.3, 0.4) is 0 Å². The molecule has 2 amide bonds. The first kappa shape index (κ1) is 22.6. The van der Waals surface area contributed by atoms with Crippen molar-refractivity contribution in [1.82, 2.24) is 15.2 Å². The van der Waals surface area contributed by atoms with Gasteiger partial charge in [-0.05, 0) is 43.2 Å². The third-order valence-electron chi connectivity index (χ3n) is 5.48. The van der Waals surface area contributed by atoms with E-state index in [1.54, 1.807) is 29.2 Å². The predicted octanol–water partition coefficient (Wildman–Crippen LogP) is 4.74. The highest BCUT2D eigenvalue weighted by atomic mass is 19.4. The van der Waals surface area contributed by atoms with E-state index in [1.165, 1.54) is 18.2 Å². The van der Waals surface area contributed by atoms with Crippen molar-refractivity contribution >= 4 is 34.2 Å². The molecule has 172 valence electrons. The van der Waals surface area contributed by atoms with Crippen LogP contribution in [0.2, 0.25) is 0 Å². The quantitative estimate of drug-likeness (QED) is 0.504. The van der Waals surface area contributed by atoms with Crippen molar-refractivity contribution in [2.24, 2.45) is 0 Å². The summed E-state index contributed by atoms with van der Waals surface area (Å²) in [5.41, 5.74) is 0.353. The van der Waals surface area contributed by atoms with E-state index in [1.807, 2.05) is 0 Å². The minimum Gasteiger partial charge on any atom is -0.352 e. The molecule has 0 atom stereocenters. The minimum absolute atomic E-state index is 0.145. The summed E-state index contributed by atoms with van der Waals surface area (Å²) in [5, 5.41) is 6.38. The fraction of sp³-hybridized carbons (Fsp3) is 0.292. The highest BCUT2D eigenvalue weighted by molar-refractivity contribution is 6.07. The number of hydrogen-bond acceptors (Lipinski definition) is 4. The number of hydrogen-bond donors (Lipinski definition) is 2. The van der Waals surface area contributed by atoms with Crippen molar-refractivity contribution < 1.29 is 22.8 Å². The first-order chi connectivity index (χ1) is 15.8. The highest BCUT2D eigenvalue weighted by Crippen LogP contribution is 2.31. The standard InChI is InChI=1S/C24H23F3N4O2/c25-24(26,27)16-6-3-7-17(14-16)29-21-15-19(18-8-1-2-9-20(18)30-21)23(33)28-11-5-13-31-12-4-10-22(31)32/h1-3,6-9,14-15H,4-5,10-13H2,(H,28,33)(H,29,30). The minimum atomic E-state index is -4.46. The summed E-state index contributed by atoms with van der Waals surface area (Å²) in [4.78, 5) is 30.9. The number of alkyl halides is 3. The van der Waals surface area contributed by atoms with Crippen molar-refractivity contribution in [1.29, 1.82) is 0 Å². The second kappa shape index (κ2) is 9.48. The van der Waals surface area contributed by atoms with E-state index in [4.69, 9.17) is 0 Å². The second-order valence-electron chi connectivity index (χ2n) is 7.87. The number of nitrogens with one attached hydrogen (secondary N) is 2. The Hall–Kier alpha value is -3.62. The number of pyridine rings is 1. The average molecular weight is 456 g/mol. The molecule has 9 heteroatoms. The van der Waals surface area contributed by atoms with Gasteiger partial charge < -0.3 is 15.5 Å². The lowest BCUT2D eigenvalue weighted by Crippen LogP contribution is -2.30. The Labute approximate surface area is 188 Å². The maximum Gasteiger partial charge on any atom is 0.416 e. The SMILES string of the molecule is O=C(NCCCN1CCCC1=O)c1cc(Nc2cccc(C(F)(F)F)c2)nc2ccccc12.